The van der Waals surface area contributed by atoms with Crippen LogP contribution in [0.2, 0.25) is 5.02 Å². The first-order valence-corrected chi connectivity index (χ1v) is 8.11. The zero-order valence-electron chi connectivity index (χ0n) is 13.8. The van der Waals surface area contributed by atoms with E-state index < -0.39 is 0 Å². The maximum Gasteiger partial charge on any atom is 0.319 e. The van der Waals surface area contributed by atoms with E-state index in [1.165, 1.54) is 0 Å². The predicted molar refractivity (Wildman–Crippen MR) is 96.1 cm³/mol. The molecule has 0 spiro atoms. The van der Waals surface area contributed by atoms with E-state index in [-0.39, 0.29) is 6.03 Å². The summed E-state index contributed by atoms with van der Waals surface area (Å²) in [6.45, 7) is 2.93. The molecule has 2 N–H and O–H groups in total. The minimum Gasteiger partial charge on any atom is -0.496 e. The number of halogens is 1. The van der Waals surface area contributed by atoms with E-state index in [1.54, 1.807) is 25.3 Å². The molecule has 2 aromatic rings. The van der Waals surface area contributed by atoms with Gasteiger partial charge in [0.25, 0.3) is 0 Å². The van der Waals surface area contributed by atoms with E-state index >= 15 is 0 Å². The van der Waals surface area contributed by atoms with Gasteiger partial charge in [-0.3, -0.25) is 0 Å². The summed E-state index contributed by atoms with van der Waals surface area (Å²) in [6.07, 6.45) is 0.877. The maximum atomic E-state index is 12.2. The highest BCUT2D eigenvalue weighted by molar-refractivity contribution is 6.31. The fraction of sp³-hybridized carbons (Fsp3) is 0.278. The lowest BCUT2D eigenvalue weighted by molar-refractivity contribution is 0.251. The van der Waals surface area contributed by atoms with E-state index in [0.717, 1.165) is 17.7 Å². The largest absolute Gasteiger partial charge is 0.496 e. The molecular weight excluding hydrogens is 328 g/mol. The van der Waals surface area contributed by atoms with E-state index in [2.05, 4.69) is 10.6 Å². The summed E-state index contributed by atoms with van der Waals surface area (Å²) in [5.74, 6) is 1.32. The number of carbonyl (C=O) groups is 1. The van der Waals surface area contributed by atoms with Gasteiger partial charge < -0.3 is 20.1 Å². The van der Waals surface area contributed by atoms with Crippen molar-refractivity contribution in [1.29, 1.82) is 0 Å². The van der Waals surface area contributed by atoms with Gasteiger partial charge in [-0.15, -0.1) is 0 Å². The number of rotatable bonds is 7. The predicted octanol–water partition coefficient (Wildman–Crippen LogP) is 4.46. The standard InChI is InChI=1S/C18H21ClN2O3/c1-3-10-24-17-9-8-14(19)11-15(17)21-18(22)20-12-13-6-4-5-7-16(13)23-2/h4-9,11H,3,10,12H2,1-2H3,(H2,20,21,22). The van der Waals surface area contributed by atoms with E-state index in [9.17, 15) is 4.79 Å². The second-order valence-corrected chi connectivity index (χ2v) is 5.54. The average molecular weight is 349 g/mol. The van der Waals surface area contributed by atoms with Gasteiger partial charge in [-0.05, 0) is 30.7 Å². The Bertz CT molecular complexity index is 692. The number of methoxy groups -OCH3 is 1. The number of amides is 2. The van der Waals surface area contributed by atoms with Gasteiger partial charge in [0.2, 0.25) is 0 Å². The SMILES string of the molecule is CCCOc1ccc(Cl)cc1NC(=O)NCc1ccccc1OC. The van der Waals surface area contributed by atoms with Crippen LogP contribution >= 0.6 is 11.6 Å². The van der Waals surface area contributed by atoms with Crippen molar-refractivity contribution in [3.63, 3.8) is 0 Å². The molecule has 0 aromatic heterocycles. The van der Waals surface area contributed by atoms with Crippen LogP contribution in [0.25, 0.3) is 0 Å². The first kappa shape index (κ1) is 17.9. The monoisotopic (exact) mass is 348 g/mol. The lowest BCUT2D eigenvalue weighted by Crippen LogP contribution is -2.28. The second kappa shape index (κ2) is 9.03. The number of anilines is 1. The number of para-hydroxylation sites is 1. The minimum atomic E-state index is -0.343. The quantitative estimate of drug-likeness (QED) is 0.776. The Kier molecular flexibility index (Phi) is 6.75. The van der Waals surface area contributed by atoms with Gasteiger partial charge in [0.05, 0.1) is 19.4 Å². The van der Waals surface area contributed by atoms with Crippen molar-refractivity contribution in [3.8, 4) is 11.5 Å². The second-order valence-electron chi connectivity index (χ2n) is 5.11. The molecule has 0 radical (unpaired) electrons. The highest BCUT2D eigenvalue weighted by atomic mass is 35.5. The fourth-order valence-corrected chi connectivity index (χ4v) is 2.30. The number of carbonyl (C=O) groups excluding carboxylic acids is 1. The van der Waals surface area contributed by atoms with Crippen LogP contribution in [-0.4, -0.2) is 19.7 Å². The summed E-state index contributed by atoms with van der Waals surface area (Å²) >= 11 is 6.00. The first-order valence-electron chi connectivity index (χ1n) is 7.73. The highest BCUT2D eigenvalue weighted by Crippen LogP contribution is 2.28. The molecule has 6 heteroatoms. The molecule has 0 unspecified atom stereocenters. The van der Waals surface area contributed by atoms with Crippen LogP contribution in [0.3, 0.4) is 0 Å². The first-order chi connectivity index (χ1) is 11.6. The van der Waals surface area contributed by atoms with Crippen molar-refractivity contribution < 1.29 is 14.3 Å². The molecule has 0 saturated carbocycles. The third kappa shape index (κ3) is 5.06. The Morgan fingerprint density at radius 1 is 1.17 bits per heavy atom. The molecule has 0 aliphatic carbocycles. The van der Waals surface area contributed by atoms with Crippen molar-refractivity contribution in [2.75, 3.05) is 19.0 Å². The van der Waals surface area contributed by atoms with Crippen molar-refractivity contribution in [2.45, 2.75) is 19.9 Å². The van der Waals surface area contributed by atoms with Crippen molar-refractivity contribution in [3.05, 3.63) is 53.1 Å². The van der Waals surface area contributed by atoms with E-state index in [4.69, 9.17) is 21.1 Å². The van der Waals surface area contributed by atoms with Crippen molar-refractivity contribution >= 4 is 23.3 Å². The Balaban J connectivity index is 2.00. The molecule has 0 bridgehead atoms. The number of nitrogens with one attached hydrogen (secondary N) is 2. The van der Waals surface area contributed by atoms with E-state index in [0.29, 0.717) is 29.6 Å². The van der Waals surface area contributed by atoms with Gasteiger partial charge in [0.15, 0.2) is 0 Å². The highest BCUT2D eigenvalue weighted by Gasteiger charge is 2.10. The lowest BCUT2D eigenvalue weighted by Gasteiger charge is -2.14. The Labute approximate surface area is 146 Å². The summed E-state index contributed by atoms with van der Waals surface area (Å²) in [5.41, 5.74) is 1.43. The Hall–Kier alpha value is -2.40. The number of hydrogen-bond acceptors (Lipinski definition) is 3. The van der Waals surface area contributed by atoms with Gasteiger partial charge in [-0.1, -0.05) is 36.7 Å². The van der Waals surface area contributed by atoms with Gasteiger partial charge in [-0.2, -0.15) is 0 Å². The molecule has 0 aliphatic heterocycles. The summed E-state index contributed by atoms with van der Waals surface area (Å²) in [4.78, 5) is 12.2. The molecule has 0 heterocycles. The van der Waals surface area contributed by atoms with E-state index in [1.807, 2.05) is 31.2 Å². The molecule has 0 fully saturated rings. The van der Waals surface area contributed by atoms with Gasteiger partial charge in [0.1, 0.15) is 11.5 Å². The van der Waals surface area contributed by atoms with Crippen LogP contribution in [0, 0.1) is 0 Å². The fourth-order valence-electron chi connectivity index (χ4n) is 2.13. The number of ether oxygens (including phenoxy) is 2. The molecule has 5 nitrogen and oxygen atoms in total. The Morgan fingerprint density at radius 2 is 1.96 bits per heavy atom. The number of urea groups is 1. The van der Waals surface area contributed by atoms with Gasteiger partial charge in [-0.25, -0.2) is 4.79 Å². The number of hydrogen-bond donors (Lipinski definition) is 2. The van der Waals surface area contributed by atoms with Crippen LogP contribution in [0.4, 0.5) is 10.5 Å². The third-order valence-electron chi connectivity index (χ3n) is 3.28. The van der Waals surface area contributed by atoms with Gasteiger partial charge in [0, 0.05) is 17.1 Å². The summed E-state index contributed by atoms with van der Waals surface area (Å²) in [6, 6.07) is 12.3. The lowest BCUT2D eigenvalue weighted by atomic mass is 10.2. The van der Waals surface area contributed by atoms with Crippen LogP contribution in [-0.2, 0) is 6.54 Å². The molecule has 2 aromatic carbocycles. The van der Waals surface area contributed by atoms with Gasteiger partial charge >= 0.3 is 6.03 Å². The molecule has 24 heavy (non-hydrogen) atoms. The summed E-state index contributed by atoms with van der Waals surface area (Å²) in [7, 11) is 1.60. The minimum absolute atomic E-state index is 0.343. The zero-order valence-corrected chi connectivity index (χ0v) is 14.5. The van der Waals surface area contributed by atoms with Crippen LogP contribution in [0.5, 0.6) is 11.5 Å². The van der Waals surface area contributed by atoms with Crippen LogP contribution in [0.15, 0.2) is 42.5 Å². The van der Waals surface area contributed by atoms with Crippen molar-refractivity contribution in [2.24, 2.45) is 0 Å². The maximum absolute atomic E-state index is 12.2. The zero-order chi connectivity index (χ0) is 17.4. The van der Waals surface area contributed by atoms with Crippen LogP contribution < -0.4 is 20.1 Å². The topological polar surface area (TPSA) is 59.6 Å². The smallest absolute Gasteiger partial charge is 0.319 e. The molecule has 2 amide bonds. The summed E-state index contributed by atoms with van der Waals surface area (Å²) in [5, 5.41) is 6.09. The molecule has 0 aliphatic rings. The average Bonchev–Trinajstić information content (AvgIpc) is 2.59. The number of benzene rings is 2. The summed E-state index contributed by atoms with van der Waals surface area (Å²) < 4.78 is 10.9. The van der Waals surface area contributed by atoms with Crippen molar-refractivity contribution in [1.82, 2.24) is 5.32 Å². The Morgan fingerprint density at radius 3 is 2.71 bits per heavy atom. The molecular formula is C18H21ClN2O3. The normalized spacial score (nSPS) is 10.1. The molecule has 0 saturated heterocycles. The molecule has 128 valence electrons. The molecule has 2 rings (SSSR count). The third-order valence-corrected chi connectivity index (χ3v) is 3.52. The van der Waals surface area contributed by atoms with Crippen LogP contribution in [0.1, 0.15) is 18.9 Å². The molecule has 0 atom stereocenters.